The van der Waals surface area contributed by atoms with Crippen LogP contribution in [0.15, 0.2) is 48.5 Å². The number of halogens is 2. The molecule has 0 N–H and O–H groups in total. The van der Waals surface area contributed by atoms with Crippen LogP contribution < -0.4 is 0 Å². The van der Waals surface area contributed by atoms with Gasteiger partial charge in [0, 0.05) is 27.4 Å². The molecule has 0 spiro atoms. The summed E-state index contributed by atoms with van der Waals surface area (Å²) in [7, 11) is 2.28. The lowest BCUT2D eigenvalue weighted by Gasteiger charge is -2.23. The maximum atomic E-state index is 12.8. The Kier molecular flexibility index (Phi) is 7.89. The number of hydrogen-bond donors (Lipinski definition) is 0. The van der Waals surface area contributed by atoms with Crippen LogP contribution in [0.1, 0.15) is 15.9 Å². The van der Waals surface area contributed by atoms with E-state index in [-0.39, 0.29) is 11.1 Å². The van der Waals surface area contributed by atoms with Crippen LogP contribution in [0.4, 0.5) is 0 Å². The van der Waals surface area contributed by atoms with Gasteiger partial charge in [-0.05, 0) is 48.2 Å². The van der Waals surface area contributed by atoms with Gasteiger partial charge in [0.2, 0.25) is 0 Å². The molecule has 2 aromatic rings. The minimum atomic E-state index is -2.00. The second-order valence-corrected chi connectivity index (χ2v) is 6.44. The Balaban J connectivity index is 2.64. The fourth-order valence-corrected chi connectivity index (χ4v) is 2.39. The predicted molar refractivity (Wildman–Crippen MR) is 110 cm³/mol. The number of methoxy groups -OCH3 is 2. The Morgan fingerprint density at radius 2 is 1.20 bits per heavy atom. The lowest BCUT2D eigenvalue weighted by Crippen LogP contribution is -2.30. The minimum absolute atomic E-state index is 0.150. The van der Waals surface area contributed by atoms with E-state index >= 15 is 0 Å². The van der Waals surface area contributed by atoms with Gasteiger partial charge in [-0.25, -0.2) is 14.4 Å². The number of esters is 3. The van der Waals surface area contributed by atoms with Crippen LogP contribution in [0.2, 0.25) is 10.0 Å². The molecule has 0 aliphatic rings. The van der Waals surface area contributed by atoms with E-state index in [1.807, 2.05) is 0 Å². The molecule has 0 saturated carbocycles. The minimum Gasteiger partial charge on any atom is -0.459 e. The van der Waals surface area contributed by atoms with E-state index in [2.05, 4.69) is 33.2 Å². The first-order valence-corrected chi connectivity index (χ1v) is 9.02. The van der Waals surface area contributed by atoms with Gasteiger partial charge < -0.3 is 14.2 Å². The van der Waals surface area contributed by atoms with Crippen molar-refractivity contribution in [2.75, 3.05) is 14.2 Å². The van der Waals surface area contributed by atoms with Gasteiger partial charge in [-0.2, -0.15) is 0 Å². The second-order valence-electron chi connectivity index (χ2n) is 5.57. The molecule has 0 amide bonds. The summed E-state index contributed by atoms with van der Waals surface area (Å²) in [5.41, 5.74) is -1.59. The Morgan fingerprint density at radius 1 is 0.767 bits per heavy atom. The number of benzene rings is 2. The topological polar surface area (TPSA) is 78.9 Å². The molecule has 0 aliphatic carbocycles. The van der Waals surface area contributed by atoms with Gasteiger partial charge >= 0.3 is 17.9 Å². The summed E-state index contributed by atoms with van der Waals surface area (Å²) < 4.78 is 14.6. The number of hydrogen-bond acceptors (Lipinski definition) is 6. The smallest absolute Gasteiger partial charge is 0.384 e. The van der Waals surface area contributed by atoms with E-state index in [0.29, 0.717) is 10.0 Å². The van der Waals surface area contributed by atoms with Gasteiger partial charge in [0.1, 0.15) is 0 Å². The van der Waals surface area contributed by atoms with Crippen molar-refractivity contribution in [3.63, 3.8) is 0 Å². The Morgan fingerprint density at radius 3 is 1.63 bits per heavy atom. The molecule has 0 radical (unpaired) electrons. The average Bonchev–Trinajstić information content (AvgIpc) is 2.76. The molecule has 0 atom stereocenters. The SMILES string of the molecule is COC(=O)C#CC(C#CC(=O)OC)(OC(=O)c1ccc(Cl)cc1)c1ccc(Cl)cc1. The lowest BCUT2D eigenvalue weighted by atomic mass is 9.94. The normalized spacial score (nSPS) is 9.87. The molecule has 0 saturated heterocycles. The molecular weight excluding hydrogens is 431 g/mol. The first-order valence-electron chi connectivity index (χ1n) is 8.27. The van der Waals surface area contributed by atoms with E-state index in [4.69, 9.17) is 27.9 Å². The van der Waals surface area contributed by atoms with Gasteiger partial charge in [0.15, 0.2) is 0 Å². The van der Waals surface area contributed by atoms with E-state index in [9.17, 15) is 14.4 Å². The molecule has 2 rings (SSSR count). The largest absolute Gasteiger partial charge is 0.459 e. The van der Waals surface area contributed by atoms with Gasteiger partial charge in [0.25, 0.3) is 5.60 Å². The number of ether oxygens (including phenoxy) is 3. The molecular formula is C22H14Cl2O6. The quantitative estimate of drug-likeness (QED) is 0.312. The Bertz CT molecular complexity index is 1030. The summed E-state index contributed by atoms with van der Waals surface area (Å²) in [6, 6.07) is 11.9. The summed E-state index contributed by atoms with van der Waals surface area (Å²) in [4.78, 5) is 36.0. The van der Waals surface area contributed by atoms with Crippen LogP contribution in [0.3, 0.4) is 0 Å². The van der Waals surface area contributed by atoms with Crippen LogP contribution >= 0.6 is 23.2 Å². The highest BCUT2D eigenvalue weighted by Crippen LogP contribution is 2.28. The summed E-state index contributed by atoms with van der Waals surface area (Å²) in [5, 5.41) is 0.824. The van der Waals surface area contributed by atoms with E-state index in [0.717, 1.165) is 14.2 Å². The standard InChI is InChI=1S/C22H14Cl2O6/c1-28-19(25)11-13-22(14-12-20(26)29-2,16-5-9-18(24)10-6-16)30-21(27)15-3-7-17(23)8-4-15/h3-10H,1-2H3. The fraction of sp³-hybridized carbons (Fsp3) is 0.136. The third kappa shape index (κ3) is 6.02. The zero-order valence-electron chi connectivity index (χ0n) is 15.8. The molecule has 2 aromatic carbocycles. The molecule has 0 heterocycles. The van der Waals surface area contributed by atoms with Gasteiger partial charge in [-0.3, -0.25) is 0 Å². The van der Waals surface area contributed by atoms with E-state index in [1.165, 1.54) is 48.5 Å². The molecule has 152 valence electrons. The Labute approximate surface area is 183 Å². The van der Waals surface area contributed by atoms with Crippen LogP contribution in [-0.2, 0) is 29.4 Å². The highest BCUT2D eigenvalue weighted by atomic mass is 35.5. The summed E-state index contributed by atoms with van der Waals surface area (Å²) >= 11 is 11.8. The van der Waals surface area contributed by atoms with E-state index < -0.39 is 23.5 Å². The summed E-state index contributed by atoms with van der Waals surface area (Å²) in [6.45, 7) is 0. The molecule has 8 heteroatoms. The van der Waals surface area contributed by atoms with Crippen molar-refractivity contribution in [1.29, 1.82) is 0 Å². The van der Waals surface area contributed by atoms with Gasteiger partial charge in [-0.15, -0.1) is 0 Å². The van der Waals surface area contributed by atoms with Crippen LogP contribution in [0.5, 0.6) is 0 Å². The predicted octanol–water partition coefficient (Wildman–Crippen LogP) is 3.40. The molecule has 0 unspecified atom stereocenters. The number of carbonyl (C=O) groups excluding carboxylic acids is 3. The molecule has 0 bridgehead atoms. The van der Waals surface area contributed by atoms with Crippen molar-refractivity contribution in [3.8, 4) is 23.7 Å². The molecule has 0 aromatic heterocycles. The average molecular weight is 445 g/mol. The summed E-state index contributed by atoms with van der Waals surface area (Å²) in [6.07, 6.45) is 0. The van der Waals surface area contributed by atoms with E-state index in [1.54, 1.807) is 0 Å². The molecule has 30 heavy (non-hydrogen) atoms. The van der Waals surface area contributed by atoms with Gasteiger partial charge in [0.05, 0.1) is 19.8 Å². The van der Waals surface area contributed by atoms with Crippen LogP contribution in [0, 0.1) is 23.7 Å². The molecule has 6 nitrogen and oxygen atoms in total. The van der Waals surface area contributed by atoms with Crippen LogP contribution in [-0.4, -0.2) is 32.1 Å². The van der Waals surface area contributed by atoms with Gasteiger partial charge in [-0.1, -0.05) is 35.3 Å². The lowest BCUT2D eigenvalue weighted by molar-refractivity contribution is -0.134. The summed E-state index contributed by atoms with van der Waals surface area (Å²) in [5.74, 6) is 6.77. The monoisotopic (exact) mass is 444 g/mol. The van der Waals surface area contributed by atoms with Crippen molar-refractivity contribution < 1.29 is 28.6 Å². The van der Waals surface area contributed by atoms with Crippen molar-refractivity contribution in [2.24, 2.45) is 0 Å². The van der Waals surface area contributed by atoms with Crippen LogP contribution in [0.25, 0.3) is 0 Å². The highest BCUT2D eigenvalue weighted by molar-refractivity contribution is 6.30. The third-order valence-electron chi connectivity index (χ3n) is 3.63. The van der Waals surface area contributed by atoms with Crippen molar-refractivity contribution in [2.45, 2.75) is 5.60 Å². The van der Waals surface area contributed by atoms with Crippen molar-refractivity contribution in [1.82, 2.24) is 0 Å². The number of rotatable bonds is 3. The zero-order valence-corrected chi connectivity index (χ0v) is 17.3. The highest BCUT2D eigenvalue weighted by Gasteiger charge is 2.34. The maximum absolute atomic E-state index is 12.8. The maximum Gasteiger partial charge on any atom is 0.384 e. The first kappa shape index (κ1) is 22.8. The molecule has 0 fully saturated rings. The van der Waals surface area contributed by atoms with Crippen molar-refractivity contribution >= 4 is 41.1 Å². The Hall–Kier alpha value is -3.45. The zero-order chi connectivity index (χ0) is 22.1. The second kappa shape index (κ2) is 10.4. The third-order valence-corrected chi connectivity index (χ3v) is 4.13. The number of carbonyl (C=O) groups is 3. The van der Waals surface area contributed by atoms with Crippen molar-refractivity contribution in [3.05, 3.63) is 69.7 Å². The molecule has 0 aliphatic heterocycles. The first-order chi connectivity index (χ1) is 14.3. The fourth-order valence-electron chi connectivity index (χ4n) is 2.13.